The molecule has 19 heavy (non-hydrogen) atoms. The van der Waals surface area contributed by atoms with Crippen molar-refractivity contribution in [2.45, 2.75) is 19.9 Å². The zero-order valence-corrected chi connectivity index (χ0v) is 12.0. The molecule has 0 saturated carbocycles. The second-order valence-electron chi connectivity index (χ2n) is 4.28. The van der Waals surface area contributed by atoms with E-state index < -0.39 is 0 Å². The lowest BCUT2D eigenvalue weighted by atomic mass is 10.1. The van der Waals surface area contributed by atoms with Crippen LogP contribution in [0, 0.1) is 0 Å². The Bertz CT molecular complexity index is 554. The Balaban J connectivity index is 2.19. The highest BCUT2D eigenvalue weighted by Crippen LogP contribution is 2.27. The minimum absolute atomic E-state index is 0.653. The van der Waals surface area contributed by atoms with Crippen molar-refractivity contribution in [2.75, 3.05) is 12.4 Å². The lowest BCUT2D eigenvalue weighted by Crippen LogP contribution is -2.04. The van der Waals surface area contributed by atoms with Crippen molar-refractivity contribution in [3.05, 3.63) is 58.6 Å². The molecule has 0 aromatic heterocycles. The first-order valence-electron chi connectivity index (χ1n) is 6.39. The van der Waals surface area contributed by atoms with Crippen molar-refractivity contribution < 1.29 is 4.74 Å². The number of hydrogen-bond acceptors (Lipinski definition) is 2. The summed E-state index contributed by atoms with van der Waals surface area (Å²) in [6.45, 7) is 2.80. The van der Waals surface area contributed by atoms with Crippen LogP contribution in [0.5, 0.6) is 5.75 Å². The predicted octanol–water partition coefficient (Wildman–Crippen LogP) is 4.52. The number of halogens is 1. The number of hydrogen-bond donors (Lipinski definition) is 1. The van der Waals surface area contributed by atoms with Crippen LogP contribution in [0.15, 0.2) is 42.5 Å². The Hall–Kier alpha value is -1.67. The fourth-order valence-corrected chi connectivity index (χ4v) is 2.32. The number of methoxy groups -OCH3 is 1. The van der Waals surface area contributed by atoms with E-state index in [1.54, 1.807) is 7.11 Å². The van der Waals surface area contributed by atoms with Gasteiger partial charge in [0.1, 0.15) is 5.75 Å². The van der Waals surface area contributed by atoms with E-state index in [0.29, 0.717) is 6.54 Å². The van der Waals surface area contributed by atoms with Crippen LogP contribution in [0.25, 0.3) is 0 Å². The average molecular weight is 276 g/mol. The minimum Gasteiger partial charge on any atom is -0.496 e. The van der Waals surface area contributed by atoms with Crippen LogP contribution in [-0.2, 0) is 13.0 Å². The molecule has 2 aromatic carbocycles. The van der Waals surface area contributed by atoms with E-state index in [2.05, 4.69) is 30.4 Å². The van der Waals surface area contributed by atoms with Gasteiger partial charge in [-0.2, -0.15) is 0 Å². The molecule has 0 aliphatic rings. The van der Waals surface area contributed by atoms with Gasteiger partial charge in [0.15, 0.2) is 0 Å². The van der Waals surface area contributed by atoms with Crippen LogP contribution in [-0.4, -0.2) is 7.11 Å². The third-order valence-electron chi connectivity index (χ3n) is 3.15. The van der Waals surface area contributed by atoms with Crippen LogP contribution < -0.4 is 10.1 Å². The molecule has 2 aromatic rings. The van der Waals surface area contributed by atoms with Gasteiger partial charge in [0.2, 0.25) is 0 Å². The molecule has 2 rings (SSSR count). The molecule has 0 fully saturated rings. The van der Waals surface area contributed by atoms with Gasteiger partial charge in [-0.15, -0.1) is 0 Å². The first-order chi connectivity index (χ1) is 9.26. The quantitative estimate of drug-likeness (QED) is 0.866. The molecular formula is C16H18ClNO. The first kappa shape index (κ1) is 13.8. The zero-order chi connectivity index (χ0) is 13.7. The predicted molar refractivity (Wildman–Crippen MR) is 81.2 cm³/mol. The summed E-state index contributed by atoms with van der Waals surface area (Å²) < 4.78 is 5.35. The summed E-state index contributed by atoms with van der Waals surface area (Å²) in [7, 11) is 1.66. The molecule has 0 heterocycles. The van der Waals surface area contributed by atoms with Crippen LogP contribution >= 0.6 is 11.6 Å². The van der Waals surface area contributed by atoms with Gasteiger partial charge in [-0.3, -0.25) is 0 Å². The maximum absolute atomic E-state index is 6.23. The van der Waals surface area contributed by atoms with E-state index >= 15 is 0 Å². The number of benzene rings is 2. The van der Waals surface area contributed by atoms with Crippen LogP contribution in [0.2, 0.25) is 5.02 Å². The van der Waals surface area contributed by atoms with Crippen molar-refractivity contribution in [3.63, 3.8) is 0 Å². The third kappa shape index (κ3) is 3.21. The number of anilines is 1. The molecule has 0 unspecified atom stereocenters. The Kier molecular flexibility index (Phi) is 4.69. The molecule has 0 radical (unpaired) electrons. The third-order valence-corrected chi connectivity index (χ3v) is 3.50. The normalized spacial score (nSPS) is 10.3. The van der Waals surface area contributed by atoms with Gasteiger partial charge in [0.25, 0.3) is 0 Å². The van der Waals surface area contributed by atoms with Crippen molar-refractivity contribution in [1.82, 2.24) is 0 Å². The molecule has 1 N–H and O–H groups in total. The summed E-state index contributed by atoms with van der Waals surface area (Å²) in [6.07, 6.45) is 1.00. The standard InChI is InChI=1S/C16H18ClNO/c1-3-12-7-4-5-9-15(12)18-11-13-14(17)8-6-10-16(13)19-2/h4-10,18H,3,11H2,1-2H3. The summed E-state index contributed by atoms with van der Waals surface area (Å²) in [5.74, 6) is 0.814. The fourth-order valence-electron chi connectivity index (χ4n) is 2.09. The second kappa shape index (κ2) is 6.48. The molecule has 3 heteroatoms. The zero-order valence-electron chi connectivity index (χ0n) is 11.2. The fraction of sp³-hybridized carbons (Fsp3) is 0.250. The van der Waals surface area contributed by atoms with E-state index in [1.165, 1.54) is 5.56 Å². The van der Waals surface area contributed by atoms with Crippen LogP contribution in [0.3, 0.4) is 0 Å². The number of aryl methyl sites for hydroxylation is 1. The lowest BCUT2D eigenvalue weighted by Gasteiger charge is -2.14. The van der Waals surface area contributed by atoms with E-state index in [1.807, 2.05) is 24.3 Å². The molecule has 0 spiro atoms. The molecule has 0 amide bonds. The van der Waals surface area contributed by atoms with Gasteiger partial charge in [-0.05, 0) is 30.2 Å². The Morgan fingerprint density at radius 1 is 1.11 bits per heavy atom. The highest BCUT2D eigenvalue weighted by molar-refractivity contribution is 6.31. The summed E-state index contributed by atoms with van der Waals surface area (Å²) in [5.41, 5.74) is 3.43. The van der Waals surface area contributed by atoms with Gasteiger partial charge in [-0.25, -0.2) is 0 Å². The van der Waals surface area contributed by atoms with Crippen molar-refractivity contribution in [1.29, 1.82) is 0 Å². The highest BCUT2D eigenvalue weighted by Gasteiger charge is 2.08. The molecule has 0 aliphatic heterocycles. The Morgan fingerprint density at radius 3 is 2.63 bits per heavy atom. The maximum Gasteiger partial charge on any atom is 0.125 e. The van der Waals surface area contributed by atoms with E-state index in [-0.39, 0.29) is 0 Å². The van der Waals surface area contributed by atoms with E-state index in [9.17, 15) is 0 Å². The number of ether oxygens (including phenoxy) is 1. The van der Waals surface area contributed by atoms with Gasteiger partial charge < -0.3 is 10.1 Å². The minimum atomic E-state index is 0.653. The summed E-state index contributed by atoms with van der Waals surface area (Å²) in [4.78, 5) is 0. The van der Waals surface area contributed by atoms with Crippen molar-refractivity contribution >= 4 is 17.3 Å². The molecular weight excluding hydrogens is 258 g/mol. The Labute approximate surface area is 119 Å². The monoisotopic (exact) mass is 275 g/mol. The van der Waals surface area contributed by atoms with Crippen molar-refractivity contribution in [3.8, 4) is 5.75 Å². The number of para-hydroxylation sites is 1. The smallest absolute Gasteiger partial charge is 0.125 e. The first-order valence-corrected chi connectivity index (χ1v) is 6.77. The van der Waals surface area contributed by atoms with Crippen LogP contribution in [0.1, 0.15) is 18.1 Å². The van der Waals surface area contributed by atoms with Gasteiger partial charge in [-0.1, -0.05) is 42.8 Å². The summed E-state index contributed by atoms with van der Waals surface area (Å²) in [5, 5.41) is 4.15. The number of rotatable bonds is 5. The number of nitrogens with one attached hydrogen (secondary N) is 1. The van der Waals surface area contributed by atoms with E-state index in [4.69, 9.17) is 16.3 Å². The summed E-state index contributed by atoms with van der Waals surface area (Å²) in [6, 6.07) is 14.0. The molecule has 0 saturated heterocycles. The molecule has 0 bridgehead atoms. The SMILES string of the molecule is CCc1ccccc1NCc1c(Cl)cccc1OC. The van der Waals surface area contributed by atoms with E-state index in [0.717, 1.165) is 28.4 Å². The largest absolute Gasteiger partial charge is 0.496 e. The highest BCUT2D eigenvalue weighted by atomic mass is 35.5. The molecule has 0 atom stereocenters. The lowest BCUT2D eigenvalue weighted by molar-refractivity contribution is 0.410. The van der Waals surface area contributed by atoms with Gasteiger partial charge in [0.05, 0.1) is 7.11 Å². The van der Waals surface area contributed by atoms with Gasteiger partial charge in [0, 0.05) is 22.8 Å². The molecule has 100 valence electrons. The average Bonchev–Trinajstić information content (AvgIpc) is 2.46. The van der Waals surface area contributed by atoms with Crippen LogP contribution in [0.4, 0.5) is 5.69 Å². The molecule has 0 aliphatic carbocycles. The Morgan fingerprint density at radius 2 is 1.89 bits per heavy atom. The topological polar surface area (TPSA) is 21.3 Å². The molecule has 2 nitrogen and oxygen atoms in total. The van der Waals surface area contributed by atoms with Gasteiger partial charge >= 0.3 is 0 Å². The maximum atomic E-state index is 6.23. The van der Waals surface area contributed by atoms with Crippen molar-refractivity contribution in [2.24, 2.45) is 0 Å². The second-order valence-corrected chi connectivity index (χ2v) is 4.69. The summed E-state index contributed by atoms with van der Waals surface area (Å²) >= 11 is 6.23.